The number of halogens is 1. The molecule has 3 heteroatoms. The van der Waals surface area contributed by atoms with Gasteiger partial charge in [0.2, 0.25) is 0 Å². The van der Waals surface area contributed by atoms with Crippen LogP contribution in [0.5, 0.6) is 5.75 Å². The van der Waals surface area contributed by atoms with Crippen LogP contribution in [0.1, 0.15) is 46.0 Å². The zero-order valence-corrected chi connectivity index (χ0v) is 15.0. The Morgan fingerprint density at radius 3 is 2.57 bits per heavy atom. The normalized spacial score (nSPS) is 15.3. The van der Waals surface area contributed by atoms with Gasteiger partial charge in [-0.1, -0.05) is 54.8 Å². The summed E-state index contributed by atoms with van der Waals surface area (Å²) in [6.45, 7) is 7.65. The topological polar surface area (TPSA) is 12.5 Å². The maximum absolute atomic E-state index is 5.89. The minimum atomic E-state index is 0.376. The number of rotatable bonds is 7. The summed E-state index contributed by atoms with van der Waals surface area (Å²) in [6, 6.07) is 8.49. The first-order chi connectivity index (χ1) is 10.2. The molecule has 1 aliphatic heterocycles. The van der Waals surface area contributed by atoms with Gasteiger partial charge >= 0.3 is 0 Å². The van der Waals surface area contributed by atoms with E-state index < -0.39 is 0 Å². The standard InChI is InChI=1S/C18H28BrNO/c1-3-10-18(14-19,11-4-2)15-20-12-7-13-21-17-9-6-5-8-16(17)20/h5-6,8-9H,3-4,7,10-15H2,1-2H3. The van der Waals surface area contributed by atoms with Crippen molar-refractivity contribution >= 4 is 21.6 Å². The molecule has 0 spiro atoms. The van der Waals surface area contributed by atoms with Crippen LogP contribution in [0.3, 0.4) is 0 Å². The molecule has 0 aromatic heterocycles. The number of ether oxygens (including phenoxy) is 1. The van der Waals surface area contributed by atoms with E-state index in [-0.39, 0.29) is 0 Å². The highest BCUT2D eigenvalue weighted by Gasteiger charge is 2.31. The molecule has 0 fully saturated rings. The van der Waals surface area contributed by atoms with Gasteiger partial charge in [0.1, 0.15) is 5.75 Å². The minimum absolute atomic E-state index is 0.376. The van der Waals surface area contributed by atoms with Gasteiger partial charge in [0, 0.05) is 18.4 Å². The second-order valence-corrected chi connectivity index (χ2v) is 6.79. The third kappa shape index (κ3) is 4.15. The van der Waals surface area contributed by atoms with Crippen LogP contribution in [0, 0.1) is 5.41 Å². The van der Waals surface area contributed by atoms with Crippen molar-refractivity contribution in [3.63, 3.8) is 0 Å². The summed E-state index contributed by atoms with van der Waals surface area (Å²) < 4.78 is 5.89. The lowest BCUT2D eigenvalue weighted by Crippen LogP contribution is -2.39. The predicted molar refractivity (Wildman–Crippen MR) is 94.8 cm³/mol. The van der Waals surface area contributed by atoms with Gasteiger partial charge in [-0.05, 0) is 36.8 Å². The van der Waals surface area contributed by atoms with Gasteiger partial charge in [-0.3, -0.25) is 0 Å². The molecule has 1 aromatic carbocycles. The Kier molecular flexibility index (Phi) is 6.40. The van der Waals surface area contributed by atoms with E-state index >= 15 is 0 Å². The number of nitrogens with zero attached hydrogens (tertiary/aromatic N) is 1. The van der Waals surface area contributed by atoms with Gasteiger partial charge in [-0.15, -0.1) is 0 Å². The molecule has 0 saturated carbocycles. The summed E-state index contributed by atoms with van der Waals surface area (Å²) in [4.78, 5) is 2.55. The van der Waals surface area contributed by atoms with Crippen LogP contribution in [-0.4, -0.2) is 25.0 Å². The summed E-state index contributed by atoms with van der Waals surface area (Å²) >= 11 is 3.80. The van der Waals surface area contributed by atoms with Gasteiger partial charge in [0.05, 0.1) is 12.3 Å². The molecule has 21 heavy (non-hydrogen) atoms. The Balaban J connectivity index is 2.23. The quantitative estimate of drug-likeness (QED) is 0.620. The molecule has 2 nitrogen and oxygen atoms in total. The highest BCUT2D eigenvalue weighted by molar-refractivity contribution is 9.09. The summed E-state index contributed by atoms with van der Waals surface area (Å²) in [5, 5.41) is 1.08. The van der Waals surface area contributed by atoms with Crippen LogP contribution in [0.25, 0.3) is 0 Å². The number of hydrogen-bond acceptors (Lipinski definition) is 2. The van der Waals surface area contributed by atoms with Gasteiger partial charge in [0.25, 0.3) is 0 Å². The average Bonchev–Trinajstić information content (AvgIpc) is 2.70. The highest BCUT2D eigenvalue weighted by Crippen LogP contribution is 2.38. The molecule has 0 bridgehead atoms. The smallest absolute Gasteiger partial charge is 0.142 e. The van der Waals surface area contributed by atoms with E-state index in [0.29, 0.717) is 5.41 Å². The minimum Gasteiger partial charge on any atom is -0.491 e. The van der Waals surface area contributed by atoms with Crippen molar-refractivity contribution in [2.24, 2.45) is 5.41 Å². The highest BCUT2D eigenvalue weighted by atomic mass is 79.9. The van der Waals surface area contributed by atoms with Crippen LogP contribution < -0.4 is 9.64 Å². The monoisotopic (exact) mass is 353 g/mol. The predicted octanol–water partition coefficient (Wildman–Crippen LogP) is 5.26. The Labute approximate surface area is 138 Å². The van der Waals surface area contributed by atoms with Gasteiger partial charge in [0.15, 0.2) is 0 Å². The second-order valence-electron chi connectivity index (χ2n) is 6.22. The molecule has 0 unspecified atom stereocenters. The van der Waals surface area contributed by atoms with Crippen molar-refractivity contribution in [2.45, 2.75) is 46.0 Å². The lowest BCUT2D eigenvalue weighted by molar-refractivity contribution is 0.278. The lowest BCUT2D eigenvalue weighted by atomic mass is 9.80. The Morgan fingerprint density at radius 1 is 1.19 bits per heavy atom. The number of anilines is 1. The summed E-state index contributed by atoms with van der Waals surface area (Å²) in [6.07, 6.45) is 6.16. The van der Waals surface area contributed by atoms with Crippen LogP contribution in [0.2, 0.25) is 0 Å². The third-order valence-corrected chi connectivity index (χ3v) is 5.60. The zero-order chi connectivity index (χ0) is 15.1. The first kappa shape index (κ1) is 16.7. The van der Waals surface area contributed by atoms with Crippen molar-refractivity contribution in [1.29, 1.82) is 0 Å². The number of hydrogen-bond donors (Lipinski definition) is 0. The Hall–Kier alpha value is -0.700. The summed E-state index contributed by atoms with van der Waals surface area (Å²) in [7, 11) is 0. The first-order valence-electron chi connectivity index (χ1n) is 8.27. The van der Waals surface area contributed by atoms with Gasteiger partial charge in [-0.25, -0.2) is 0 Å². The van der Waals surface area contributed by atoms with E-state index in [4.69, 9.17) is 4.74 Å². The van der Waals surface area contributed by atoms with Crippen molar-refractivity contribution < 1.29 is 4.74 Å². The fourth-order valence-corrected chi connectivity index (χ4v) is 4.23. The maximum Gasteiger partial charge on any atom is 0.142 e. The molecule has 0 atom stereocenters. The largest absolute Gasteiger partial charge is 0.491 e. The van der Waals surface area contributed by atoms with E-state index in [9.17, 15) is 0 Å². The molecule has 0 radical (unpaired) electrons. The van der Waals surface area contributed by atoms with E-state index in [2.05, 4.69) is 58.9 Å². The maximum atomic E-state index is 5.89. The SMILES string of the molecule is CCCC(CBr)(CCC)CN1CCCOc2ccccc21. The van der Waals surface area contributed by atoms with E-state index in [0.717, 1.165) is 37.2 Å². The number of alkyl halides is 1. The number of benzene rings is 1. The summed E-state index contributed by atoms with van der Waals surface area (Å²) in [5.74, 6) is 1.05. The third-order valence-electron chi connectivity index (χ3n) is 4.41. The molecule has 1 heterocycles. The summed E-state index contributed by atoms with van der Waals surface area (Å²) in [5.41, 5.74) is 1.65. The van der Waals surface area contributed by atoms with E-state index in [1.54, 1.807) is 0 Å². The molecular weight excluding hydrogens is 326 g/mol. The van der Waals surface area contributed by atoms with E-state index in [1.165, 1.54) is 31.4 Å². The number of fused-ring (bicyclic) bond motifs is 1. The molecule has 1 aromatic rings. The lowest BCUT2D eigenvalue weighted by Gasteiger charge is -2.38. The molecule has 1 aliphatic rings. The molecular formula is C18H28BrNO. The van der Waals surface area contributed by atoms with Crippen molar-refractivity contribution in [2.75, 3.05) is 29.9 Å². The Morgan fingerprint density at radius 2 is 1.90 bits per heavy atom. The molecule has 0 aliphatic carbocycles. The van der Waals surface area contributed by atoms with Crippen molar-refractivity contribution in [3.8, 4) is 5.75 Å². The molecule has 118 valence electrons. The van der Waals surface area contributed by atoms with Crippen molar-refractivity contribution in [3.05, 3.63) is 24.3 Å². The van der Waals surface area contributed by atoms with Gasteiger partial charge in [-0.2, -0.15) is 0 Å². The molecule has 0 amide bonds. The Bertz CT molecular complexity index is 429. The van der Waals surface area contributed by atoms with Crippen LogP contribution in [-0.2, 0) is 0 Å². The fraction of sp³-hybridized carbons (Fsp3) is 0.667. The van der Waals surface area contributed by atoms with Crippen LogP contribution >= 0.6 is 15.9 Å². The molecule has 0 N–H and O–H groups in total. The molecule has 2 rings (SSSR count). The fourth-order valence-electron chi connectivity index (χ4n) is 3.49. The first-order valence-corrected chi connectivity index (χ1v) is 9.39. The van der Waals surface area contributed by atoms with Crippen LogP contribution in [0.4, 0.5) is 5.69 Å². The van der Waals surface area contributed by atoms with Crippen LogP contribution in [0.15, 0.2) is 24.3 Å². The number of para-hydroxylation sites is 2. The van der Waals surface area contributed by atoms with E-state index in [1.807, 2.05) is 0 Å². The van der Waals surface area contributed by atoms with Crippen molar-refractivity contribution in [1.82, 2.24) is 0 Å². The average molecular weight is 354 g/mol. The zero-order valence-electron chi connectivity index (χ0n) is 13.4. The molecule has 0 saturated heterocycles. The second kappa shape index (κ2) is 8.07. The van der Waals surface area contributed by atoms with Gasteiger partial charge < -0.3 is 9.64 Å².